The van der Waals surface area contributed by atoms with Crippen LogP contribution in [0.25, 0.3) is 82.0 Å². The first-order valence-corrected chi connectivity index (χ1v) is 29.8. The Morgan fingerprint density at radius 2 is 0.566 bits per heavy atom. The number of rotatable bonds is 9. The van der Waals surface area contributed by atoms with Crippen molar-refractivity contribution in [1.82, 2.24) is 8.80 Å². The number of hydrogen-bond acceptors (Lipinski definition) is 6. The van der Waals surface area contributed by atoms with Gasteiger partial charge >= 0.3 is 0 Å². The molecule has 16 rings (SSSR count). The van der Waals surface area contributed by atoms with Gasteiger partial charge in [-0.15, -0.1) is 0 Å². The van der Waals surface area contributed by atoms with Crippen molar-refractivity contribution in [2.24, 2.45) is 0 Å². The van der Waals surface area contributed by atoms with Gasteiger partial charge in [-0.2, -0.15) is 0 Å². The summed E-state index contributed by atoms with van der Waals surface area (Å²) in [5.41, 5.74) is 28.9. The Labute approximate surface area is 480 Å². The monoisotopic (exact) mass is 1100 g/mol. The van der Waals surface area contributed by atoms with E-state index in [2.05, 4.69) is 285 Å². The number of aryl methyl sites for hydroxylation is 8. The maximum atomic E-state index is 7.80. The maximum Gasteiger partial charge on any atom is 0.176 e. The molecule has 0 aliphatic rings. The van der Waals surface area contributed by atoms with Gasteiger partial charge in [0, 0.05) is 51.4 Å². The highest BCUT2D eigenvalue weighted by atomic mass is 31.1. The average molecular weight is 1100 g/mol. The van der Waals surface area contributed by atoms with Gasteiger partial charge in [0.25, 0.3) is 0 Å². The third-order valence-corrected chi connectivity index (χ3v) is 19.5. The lowest BCUT2D eigenvalue weighted by molar-refractivity contribution is 0.647. The molecular weight excluding hydrogens is 1040 g/mol. The summed E-state index contributed by atoms with van der Waals surface area (Å²) in [5, 5.41) is 3.46. The van der Waals surface area contributed by atoms with Gasteiger partial charge in [0.05, 0.1) is 49.4 Å². The van der Waals surface area contributed by atoms with Gasteiger partial charge in [0.2, 0.25) is 0 Å². The molecule has 0 saturated heterocycles. The van der Waals surface area contributed by atoms with Crippen LogP contribution in [0.2, 0.25) is 0 Å². The second kappa shape index (κ2) is 18.3. The Bertz CT molecular complexity index is 4850. The van der Waals surface area contributed by atoms with Gasteiger partial charge in [-0.3, -0.25) is 0 Å². The zero-order valence-corrected chi connectivity index (χ0v) is 48.4. The summed E-state index contributed by atoms with van der Waals surface area (Å²) < 4.78 is 28.0. The molecule has 0 fully saturated rings. The lowest BCUT2D eigenvalue weighted by atomic mass is 10.1. The van der Waals surface area contributed by atoms with Crippen molar-refractivity contribution in [1.29, 1.82) is 0 Å². The first kappa shape index (κ1) is 49.0. The first-order valence-electron chi connectivity index (χ1n) is 28.5. The molecule has 8 nitrogen and oxygen atoms in total. The largest absolute Gasteiger partial charge is 0.455 e. The summed E-state index contributed by atoms with van der Waals surface area (Å²) in [5.74, 6) is 0. The molecule has 0 atom stereocenters. The maximum absolute atomic E-state index is 7.80. The standard InChI is InChI=1S/C74H58N5O3P/c1-43-9-23-51(24-10-43)75(52-25-11-44(2)12-26-52)57-39-62-72-63(40-57)79-59-36-22-50(8)38-65(59)82-71-61(77(55-31-17-47(5)18-32-55)56-33-19-48(6)20-34-56)42-67-74(69(71)79)83(72)73-66(80-67)41-60(70-68(73)78(62)58-35-21-49(7)37-64(58)81-70)76(53-27-13-45(3)14-28-53)54-29-15-46(4)16-30-54/h9-42H,1-8H3. The number of benzene rings is 11. The van der Waals surface area contributed by atoms with Crippen molar-refractivity contribution in [3.63, 3.8) is 0 Å². The van der Waals surface area contributed by atoms with E-state index in [-0.39, 0.29) is 0 Å². The second-order valence-corrected chi connectivity index (χ2v) is 25.0. The van der Waals surface area contributed by atoms with Crippen molar-refractivity contribution in [2.45, 2.75) is 55.4 Å². The molecule has 5 aromatic heterocycles. The van der Waals surface area contributed by atoms with E-state index < -0.39 is 7.34 Å². The quantitative estimate of drug-likeness (QED) is 0.106. The fourth-order valence-corrected chi connectivity index (χ4v) is 15.6. The normalized spacial score (nSPS) is 12.1. The minimum absolute atomic E-state index is 0.763. The summed E-state index contributed by atoms with van der Waals surface area (Å²) in [6.45, 7) is 17.2. The van der Waals surface area contributed by atoms with Crippen molar-refractivity contribution in [2.75, 3.05) is 14.7 Å². The minimum atomic E-state index is -1.39. The fourth-order valence-electron chi connectivity index (χ4n) is 12.7. The van der Waals surface area contributed by atoms with Crippen LogP contribution in [0, 0.1) is 55.4 Å². The van der Waals surface area contributed by atoms with E-state index in [1.807, 2.05) is 0 Å². The lowest BCUT2D eigenvalue weighted by Gasteiger charge is -2.31. The van der Waals surface area contributed by atoms with E-state index in [0.29, 0.717) is 0 Å². The summed E-state index contributed by atoms with van der Waals surface area (Å²) in [6, 6.07) is 75.7. The topological polar surface area (TPSA) is 58.0 Å². The van der Waals surface area contributed by atoms with Crippen molar-refractivity contribution in [3.05, 3.63) is 251 Å². The molecule has 0 amide bonds. The van der Waals surface area contributed by atoms with E-state index >= 15 is 0 Å². The number of anilines is 9. The Balaban J connectivity index is 1.18. The smallest absolute Gasteiger partial charge is 0.176 e. The Kier molecular flexibility index (Phi) is 10.8. The first-order chi connectivity index (χ1) is 40.4. The van der Waals surface area contributed by atoms with Gasteiger partial charge < -0.3 is 36.8 Å². The molecule has 5 heterocycles. The summed E-state index contributed by atoms with van der Waals surface area (Å²) >= 11 is 0. The molecule has 0 unspecified atom stereocenters. The van der Waals surface area contributed by atoms with Gasteiger partial charge in [-0.05, 0) is 176 Å². The predicted molar refractivity (Wildman–Crippen MR) is 348 cm³/mol. The van der Waals surface area contributed by atoms with Gasteiger partial charge in [0.1, 0.15) is 22.2 Å². The SMILES string of the molecule is Cc1ccc(N(c2ccc(C)cc2)c2cc3c4c(c2)n2c5ccc(C)cc5oc5c(N(c6ccc(C)cc6)c6ccc(C)cc6)cc6oc7cc(N(c8ccc(C)cc8)c8ccc(C)cc8)c8oc9cc(C)ccc9n3c8c7p4c6c52)cc1. The van der Waals surface area contributed by atoms with Crippen LogP contribution < -0.4 is 14.7 Å². The number of aromatic nitrogens is 2. The van der Waals surface area contributed by atoms with Crippen LogP contribution in [-0.4, -0.2) is 8.80 Å². The van der Waals surface area contributed by atoms with E-state index in [9.17, 15) is 0 Å². The van der Waals surface area contributed by atoms with Crippen molar-refractivity contribution >= 4 is 140 Å². The molecule has 0 saturated carbocycles. The van der Waals surface area contributed by atoms with Crippen LogP contribution in [0.3, 0.4) is 0 Å². The molecule has 0 aliphatic heterocycles. The second-order valence-electron chi connectivity index (χ2n) is 22.9. The van der Waals surface area contributed by atoms with Crippen LogP contribution in [0.15, 0.2) is 220 Å². The summed E-state index contributed by atoms with van der Waals surface area (Å²) in [6.07, 6.45) is 0. The third kappa shape index (κ3) is 7.59. The van der Waals surface area contributed by atoms with Crippen LogP contribution in [-0.2, 0) is 0 Å². The zero-order chi connectivity index (χ0) is 56.1. The summed E-state index contributed by atoms with van der Waals surface area (Å²) in [7, 11) is -1.39. The van der Waals surface area contributed by atoms with Gasteiger partial charge in [-0.25, -0.2) is 0 Å². The molecule has 402 valence electrons. The van der Waals surface area contributed by atoms with Gasteiger partial charge in [-0.1, -0.05) is 126 Å². The zero-order valence-electron chi connectivity index (χ0n) is 47.5. The van der Waals surface area contributed by atoms with E-state index in [0.717, 1.165) is 139 Å². The van der Waals surface area contributed by atoms with Crippen molar-refractivity contribution in [3.8, 4) is 0 Å². The van der Waals surface area contributed by atoms with Crippen LogP contribution in [0.4, 0.5) is 51.2 Å². The van der Waals surface area contributed by atoms with E-state index in [1.54, 1.807) is 0 Å². The molecular formula is C74H58N5O3P. The Morgan fingerprint density at radius 1 is 0.265 bits per heavy atom. The molecule has 9 heteroatoms. The van der Waals surface area contributed by atoms with Crippen LogP contribution in [0.1, 0.15) is 44.5 Å². The molecule has 0 bridgehead atoms. The highest BCUT2D eigenvalue weighted by molar-refractivity contribution is 7.63. The van der Waals surface area contributed by atoms with Crippen LogP contribution in [0.5, 0.6) is 0 Å². The molecule has 16 aromatic rings. The Morgan fingerprint density at radius 3 is 0.892 bits per heavy atom. The highest BCUT2D eigenvalue weighted by Gasteiger charge is 2.33. The molecule has 0 radical (unpaired) electrons. The summed E-state index contributed by atoms with van der Waals surface area (Å²) in [4.78, 5) is 7.10. The molecule has 0 aliphatic carbocycles. The van der Waals surface area contributed by atoms with E-state index in [4.69, 9.17) is 13.3 Å². The molecule has 0 spiro atoms. The average Bonchev–Trinajstić information content (AvgIpc) is 1.11. The van der Waals surface area contributed by atoms with Gasteiger partial charge in [0.15, 0.2) is 22.3 Å². The number of fused-ring (bicyclic) bond motifs is 6. The predicted octanol–water partition coefficient (Wildman–Crippen LogP) is 22.2. The number of hydrogen-bond donors (Lipinski definition) is 0. The third-order valence-electron chi connectivity index (χ3n) is 16.9. The van der Waals surface area contributed by atoms with E-state index in [1.165, 1.54) is 38.5 Å². The lowest BCUT2D eigenvalue weighted by Crippen LogP contribution is -2.13. The molecule has 0 N–H and O–H groups in total. The molecule has 83 heavy (non-hydrogen) atoms. The number of nitrogens with zero attached hydrogens (tertiary/aromatic N) is 5. The minimum Gasteiger partial charge on any atom is -0.455 e. The molecule has 11 aromatic carbocycles. The van der Waals surface area contributed by atoms with Crippen LogP contribution >= 0.6 is 7.34 Å². The van der Waals surface area contributed by atoms with Crippen molar-refractivity contribution < 1.29 is 13.3 Å². The Hall–Kier alpha value is -9.88. The highest BCUT2D eigenvalue weighted by Crippen LogP contribution is 2.61. The fraction of sp³-hybridized carbons (Fsp3) is 0.108.